The van der Waals surface area contributed by atoms with E-state index in [1.807, 2.05) is 19.9 Å². The van der Waals surface area contributed by atoms with Gasteiger partial charge in [-0.25, -0.2) is 4.79 Å². The lowest BCUT2D eigenvalue weighted by Crippen LogP contribution is -2.62. The molecule has 0 atom stereocenters. The van der Waals surface area contributed by atoms with Gasteiger partial charge in [-0.2, -0.15) is 0 Å². The topological polar surface area (TPSA) is 75.3 Å². The second-order valence-electron chi connectivity index (χ2n) is 4.12. The van der Waals surface area contributed by atoms with Crippen molar-refractivity contribution < 1.29 is 14.4 Å². The molecule has 2 N–H and O–H groups in total. The van der Waals surface area contributed by atoms with E-state index in [0.717, 1.165) is 5.57 Å². The molecule has 1 heterocycles. The molecule has 0 aromatic rings. The number of rotatable bonds is 4. The van der Waals surface area contributed by atoms with Crippen LogP contribution in [-0.4, -0.2) is 17.8 Å². The predicted octanol–water partition coefficient (Wildman–Crippen LogP) is 1.27. The van der Waals surface area contributed by atoms with E-state index in [9.17, 15) is 14.4 Å². The number of nitrogens with one attached hydrogen (secondary N) is 2. The second kappa shape index (κ2) is 4.95. The SMILES string of the molecule is C=CCC1(C/C(C)=C/C)C(=O)NC(=O)NC1=O. The van der Waals surface area contributed by atoms with Crippen molar-refractivity contribution in [1.29, 1.82) is 0 Å². The fourth-order valence-corrected chi connectivity index (χ4v) is 1.82. The Labute approximate surface area is 100.0 Å². The second-order valence-corrected chi connectivity index (χ2v) is 4.12. The van der Waals surface area contributed by atoms with Crippen LogP contribution in [-0.2, 0) is 9.59 Å². The smallest absolute Gasteiger partial charge is 0.277 e. The Balaban J connectivity index is 3.12. The van der Waals surface area contributed by atoms with Crippen molar-refractivity contribution in [1.82, 2.24) is 10.6 Å². The molecule has 1 aliphatic heterocycles. The third-order valence-corrected chi connectivity index (χ3v) is 2.89. The summed E-state index contributed by atoms with van der Waals surface area (Å²) in [5, 5.41) is 4.26. The van der Waals surface area contributed by atoms with Crippen LogP contribution in [0, 0.1) is 5.41 Å². The molecule has 0 aromatic heterocycles. The number of carbonyl (C=O) groups is 3. The number of imide groups is 2. The molecule has 0 aromatic carbocycles. The highest BCUT2D eigenvalue weighted by Gasteiger charge is 2.49. The molecule has 1 rings (SSSR count). The molecule has 0 saturated carbocycles. The third kappa shape index (κ3) is 2.43. The maximum atomic E-state index is 11.9. The van der Waals surface area contributed by atoms with Crippen LogP contribution < -0.4 is 10.6 Å². The van der Waals surface area contributed by atoms with Crippen molar-refractivity contribution in [3.8, 4) is 0 Å². The monoisotopic (exact) mass is 236 g/mol. The molecule has 0 spiro atoms. The molecule has 17 heavy (non-hydrogen) atoms. The summed E-state index contributed by atoms with van der Waals surface area (Å²) in [7, 11) is 0. The van der Waals surface area contributed by atoms with Crippen LogP contribution >= 0.6 is 0 Å². The molecule has 4 amide bonds. The first-order valence-electron chi connectivity index (χ1n) is 5.36. The molecule has 0 radical (unpaired) electrons. The van der Waals surface area contributed by atoms with Gasteiger partial charge in [0.25, 0.3) is 0 Å². The fourth-order valence-electron chi connectivity index (χ4n) is 1.82. The van der Waals surface area contributed by atoms with E-state index in [-0.39, 0.29) is 12.8 Å². The zero-order valence-corrected chi connectivity index (χ0v) is 10.0. The number of hydrogen-bond donors (Lipinski definition) is 2. The van der Waals surface area contributed by atoms with Gasteiger partial charge in [0.05, 0.1) is 0 Å². The summed E-state index contributed by atoms with van der Waals surface area (Å²) < 4.78 is 0. The number of amides is 4. The molecule has 5 nitrogen and oxygen atoms in total. The van der Waals surface area contributed by atoms with Crippen LogP contribution in [0.15, 0.2) is 24.3 Å². The van der Waals surface area contributed by atoms with Gasteiger partial charge in [0, 0.05) is 0 Å². The predicted molar refractivity (Wildman–Crippen MR) is 63.0 cm³/mol. The summed E-state index contributed by atoms with van der Waals surface area (Å²) in [6, 6.07) is -0.766. The molecule has 1 fully saturated rings. The Morgan fingerprint density at radius 1 is 1.29 bits per heavy atom. The number of carbonyl (C=O) groups excluding carboxylic acids is 3. The lowest BCUT2D eigenvalue weighted by molar-refractivity contribution is -0.144. The standard InChI is InChI=1S/C12H16N2O3/c1-4-6-12(7-8(3)5-2)9(15)13-11(17)14-10(12)16/h4-5H,1,6-7H2,2-3H3,(H2,13,14,15,16,17)/b8-5+. The Kier molecular flexibility index (Phi) is 3.83. The van der Waals surface area contributed by atoms with Crippen molar-refractivity contribution in [3.63, 3.8) is 0 Å². The van der Waals surface area contributed by atoms with Crippen molar-refractivity contribution in [2.45, 2.75) is 26.7 Å². The molecule has 1 saturated heterocycles. The minimum absolute atomic E-state index is 0.198. The van der Waals surface area contributed by atoms with Crippen LogP contribution in [0.4, 0.5) is 4.79 Å². The highest BCUT2D eigenvalue weighted by atomic mass is 16.2. The van der Waals surface area contributed by atoms with E-state index >= 15 is 0 Å². The number of hydrogen-bond acceptors (Lipinski definition) is 3. The third-order valence-electron chi connectivity index (χ3n) is 2.89. The van der Waals surface area contributed by atoms with E-state index in [4.69, 9.17) is 0 Å². The fraction of sp³-hybridized carbons (Fsp3) is 0.417. The minimum atomic E-state index is -1.26. The summed E-state index contributed by atoms with van der Waals surface area (Å²) in [6.45, 7) is 7.23. The Morgan fingerprint density at radius 2 is 1.82 bits per heavy atom. The summed E-state index contributed by atoms with van der Waals surface area (Å²) in [6.07, 6.45) is 3.82. The lowest BCUT2D eigenvalue weighted by Gasteiger charge is -2.33. The average Bonchev–Trinajstić information content (AvgIpc) is 2.25. The Morgan fingerprint density at radius 3 is 2.24 bits per heavy atom. The zero-order chi connectivity index (χ0) is 13.1. The van der Waals surface area contributed by atoms with E-state index in [2.05, 4.69) is 17.2 Å². The van der Waals surface area contributed by atoms with E-state index in [1.54, 1.807) is 0 Å². The number of barbiturate groups is 1. The molecule has 0 unspecified atom stereocenters. The number of allylic oxidation sites excluding steroid dienone is 3. The van der Waals surface area contributed by atoms with E-state index in [0.29, 0.717) is 0 Å². The first kappa shape index (κ1) is 13.2. The minimum Gasteiger partial charge on any atom is -0.277 e. The maximum absolute atomic E-state index is 11.9. The molecule has 92 valence electrons. The molecule has 0 aliphatic carbocycles. The highest BCUT2D eigenvalue weighted by molar-refractivity contribution is 6.19. The van der Waals surface area contributed by atoms with Gasteiger partial charge in [-0.15, -0.1) is 6.58 Å². The van der Waals surface area contributed by atoms with Gasteiger partial charge in [-0.05, 0) is 26.7 Å². The normalized spacial score (nSPS) is 19.6. The quantitative estimate of drug-likeness (QED) is 0.570. The van der Waals surface area contributed by atoms with E-state index < -0.39 is 23.3 Å². The molecule has 0 bridgehead atoms. The van der Waals surface area contributed by atoms with Gasteiger partial charge in [0.2, 0.25) is 11.8 Å². The highest BCUT2D eigenvalue weighted by Crippen LogP contribution is 2.33. The van der Waals surface area contributed by atoms with Crippen molar-refractivity contribution in [2.24, 2.45) is 5.41 Å². The first-order chi connectivity index (χ1) is 7.96. The Hall–Kier alpha value is -1.91. The Bertz CT molecular complexity index is 390. The summed E-state index contributed by atoms with van der Waals surface area (Å²) in [5.41, 5.74) is -0.349. The van der Waals surface area contributed by atoms with Crippen LogP contribution in [0.5, 0.6) is 0 Å². The summed E-state index contributed by atoms with van der Waals surface area (Å²) >= 11 is 0. The largest absolute Gasteiger partial charge is 0.328 e. The molecular weight excluding hydrogens is 220 g/mol. The summed E-state index contributed by atoms with van der Waals surface area (Å²) in [5.74, 6) is -1.13. The zero-order valence-electron chi connectivity index (χ0n) is 10.0. The average molecular weight is 236 g/mol. The molecule has 5 heteroatoms. The number of urea groups is 1. The van der Waals surface area contributed by atoms with Crippen molar-refractivity contribution in [3.05, 3.63) is 24.3 Å². The lowest BCUT2D eigenvalue weighted by atomic mass is 9.76. The molecular formula is C12H16N2O3. The van der Waals surface area contributed by atoms with Crippen molar-refractivity contribution >= 4 is 17.8 Å². The van der Waals surface area contributed by atoms with Gasteiger partial charge < -0.3 is 0 Å². The van der Waals surface area contributed by atoms with Crippen LogP contribution in [0.2, 0.25) is 0 Å². The van der Waals surface area contributed by atoms with Crippen molar-refractivity contribution in [2.75, 3.05) is 0 Å². The van der Waals surface area contributed by atoms with Crippen LogP contribution in [0.25, 0.3) is 0 Å². The van der Waals surface area contributed by atoms with Gasteiger partial charge in [-0.1, -0.05) is 17.7 Å². The van der Waals surface area contributed by atoms with Gasteiger partial charge in [0.15, 0.2) is 0 Å². The van der Waals surface area contributed by atoms with Crippen LogP contribution in [0.3, 0.4) is 0 Å². The first-order valence-corrected chi connectivity index (χ1v) is 5.36. The van der Waals surface area contributed by atoms with Gasteiger partial charge >= 0.3 is 6.03 Å². The van der Waals surface area contributed by atoms with Gasteiger partial charge in [-0.3, -0.25) is 20.2 Å². The molecule has 1 aliphatic rings. The maximum Gasteiger partial charge on any atom is 0.328 e. The van der Waals surface area contributed by atoms with Gasteiger partial charge in [0.1, 0.15) is 5.41 Å². The van der Waals surface area contributed by atoms with E-state index in [1.165, 1.54) is 6.08 Å². The summed E-state index contributed by atoms with van der Waals surface area (Å²) in [4.78, 5) is 34.8. The van der Waals surface area contributed by atoms with Crippen LogP contribution in [0.1, 0.15) is 26.7 Å².